The lowest BCUT2D eigenvalue weighted by Crippen LogP contribution is -2.46. The van der Waals surface area contributed by atoms with Gasteiger partial charge in [0, 0.05) is 0 Å². The van der Waals surface area contributed by atoms with E-state index in [1.54, 1.807) is 0 Å². The van der Waals surface area contributed by atoms with E-state index in [0.717, 1.165) is 32.1 Å². The Labute approximate surface area is 80.0 Å². The molecule has 4 unspecified atom stereocenters. The smallest absolute Gasteiger partial charge is 0.0650 e. The molecular formula is C11H20O2. The zero-order valence-electron chi connectivity index (χ0n) is 8.37. The van der Waals surface area contributed by atoms with Gasteiger partial charge in [0.15, 0.2) is 0 Å². The molecule has 4 atom stereocenters. The maximum Gasteiger partial charge on any atom is 0.0650 e. The number of rotatable bonds is 0. The molecule has 13 heavy (non-hydrogen) atoms. The lowest BCUT2D eigenvalue weighted by Gasteiger charge is -2.46. The van der Waals surface area contributed by atoms with Gasteiger partial charge in [-0.05, 0) is 50.9 Å². The van der Waals surface area contributed by atoms with Gasteiger partial charge in [-0.25, -0.2) is 0 Å². The monoisotopic (exact) mass is 184 g/mol. The summed E-state index contributed by atoms with van der Waals surface area (Å²) in [6.07, 6.45) is 6.00. The number of aliphatic hydroxyl groups excluding tert-OH is 1. The summed E-state index contributed by atoms with van der Waals surface area (Å²) in [6, 6.07) is 0. The third kappa shape index (κ3) is 1.75. The standard InChI is InChI=1S/C11H20O2/c1-11(13)6-2-3-8-7-9(12)4-5-10(8)11/h8-10,12-13H,2-7H2,1H3. The van der Waals surface area contributed by atoms with Gasteiger partial charge in [-0.15, -0.1) is 0 Å². The fraction of sp³-hybridized carbons (Fsp3) is 1.00. The van der Waals surface area contributed by atoms with Crippen molar-refractivity contribution in [2.45, 2.75) is 57.2 Å². The molecule has 2 fully saturated rings. The summed E-state index contributed by atoms with van der Waals surface area (Å²) in [6.45, 7) is 1.97. The molecule has 2 heteroatoms. The van der Waals surface area contributed by atoms with Crippen molar-refractivity contribution < 1.29 is 10.2 Å². The number of hydrogen-bond acceptors (Lipinski definition) is 2. The van der Waals surface area contributed by atoms with E-state index in [1.165, 1.54) is 6.42 Å². The molecule has 0 saturated heterocycles. The van der Waals surface area contributed by atoms with E-state index in [2.05, 4.69) is 0 Å². The Bertz CT molecular complexity index is 189. The first-order valence-electron chi connectivity index (χ1n) is 5.50. The van der Waals surface area contributed by atoms with Crippen LogP contribution in [-0.2, 0) is 0 Å². The minimum Gasteiger partial charge on any atom is -0.393 e. The van der Waals surface area contributed by atoms with Crippen molar-refractivity contribution >= 4 is 0 Å². The third-order valence-corrected chi connectivity index (χ3v) is 4.01. The van der Waals surface area contributed by atoms with Crippen LogP contribution in [0.3, 0.4) is 0 Å². The van der Waals surface area contributed by atoms with E-state index >= 15 is 0 Å². The molecule has 0 spiro atoms. The van der Waals surface area contributed by atoms with E-state index < -0.39 is 5.60 Å². The summed E-state index contributed by atoms with van der Waals surface area (Å²) in [7, 11) is 0. The largest absolute Gasteiger partial charge is 0.393 e. The molecule has 0 amide bonds. The van der Waals surface area contributed by atoms with Gasteiger partial charge in [-0.2, -0.15) is 0 Å². The molecule has 76 valence electrons. The number of fused-ring (bicyclic) bond motifs is 1. The van der Waals surface area contributed by atoms with Crippen LogP contribution in [0.5, 0.6) is 0 Å². The molecule has 0 aliphatic heterocycles. The Morgan fingerprint density at radius 1 is 1.23 bits per heavy atom. The van der Waals surface area contributed by atoms with E-state index in [9.17, 15) is 10.2 Å². The van der Waals surface area contributed by atoms with Crippen molar-refractivity contribution in [2.75, 3.05) is 0 Å². The lowest BCUT2D eigenvalue weighted by atomic mass is 9.63. The van der Waals surface area contributed by atoms with Crippen molar-refractivity contribution in [2.24, 2.45) is 11.8 Å². The molecule has 0 aromatic carbocycles. The second kappa shape index (κ2) is 3.25. The summed E-state index contributed by atoms with van der Waals surface area (Å²) in [5, 5.41) is 19.7. The second-order valence-corrected chi connectivity index (χ2v) is 5.08. The molecule has 0 heterocycles. The molecule has 2 aliphatic rings. The highest BCUT2D eigenvalue weighted by atomic mass is 16.3. The van der Waals surface area contributed by atoms with Crippen LogP contribution < -0.4 is 0 Å². The van der Waals surface area contributed by atoms with Crippen LogP contribution in [0.15, 0.2) is 0 Å². The predicted octanol–water partition coefficient (Wildman–Crippen LogP) is 1.70. The van der Waals surface area contributed by atoms with E-state index in [-0.39, 0.29) is 6.10 Å². The summed E-state index contributed by atoms with van der Waals surface area (Å²) in [4.78, 5) is 0. The van der Waals surface area contributed by atoms with Crippen LogP contribution in [0.2, 0.25) is 0 Å². The quantitative estimate of drug-likeness (QED) is 0.601. The van der Waals surface area contributed by atoms with Crippen LogP contribution in [0, 0.1) is 11.8 Å². The lowest BCUT2D eigenvalue weighted by molar-refractivity contribution is -0.0916. The fourth-order valence-electron chi connectivity index (χ4n) is 3.28. The Kier molecular flexibility index (Phi) is 2.37. The fourth-order valence-corrected chi connectivity index (χ4v) is 3.28. The molecule has 2 rings (SSSR count). The van der Waals surface area contributed by atoms with Crippen molar-refractivity contribution in [3.05, 3.63) is 0 Å². The zero-order valence-corrected chi connectivity index (χ0v) is 8.37. The maximum atomic E-state index is 10.2. The molecule has 0 bridgehead atoms. The second-order valence-electron chi connectivity index (χ2n) is 5.08. The van der Waals surface area contributed by atoms with Crippen LogP contribution in [-0.4, -0.2) is 21.9 Å². The zero-order chi connectivity index (χ0) is 9.47. The minimum absolute atomic E-state index is 0.102. The highest BCUT2D eigenvalue weighted by Gasteiger charge is 2.43. The Morgan fingerprint density at radius 2 is 2.00 bits per heavy atom. The van der Waals surface area contributed by atoms with Gasteiger partial charge in [0.1, 0.15) is 0 Å². The summed E-state index contributed by atoms with van der Waals surface area (Å²) >= 11 is 0. The van der Waals surface area contributed by atoms with E-state index in [1.807, 2.05) is 6.92 Å². The summed E-state index contributed by atoms with van der Waals surface area (Å²) in [5.41, 5.74) is -0.455. The maximum absolute atomic E-state index is 10.2. The topological polar surface area (TPSA) is 40.5 Å². The normalized spacial score (nSPS) is 51.5. The first-order valence-corrected chi connectivity index (χ1v) is 5.50. The number of aliphatic hydroxyl groups is 2. The van der Waals surface area contributed by atoms with Crippen molar-refractivity contribution in [3.63, 3.8) is 0 Å². The van der Waals surface area contributed by atoms with Crippen molar-refractivity contribution in [1.82, 2.24) is 0 Å². The molecule has 0 aromatic heterocycles. The average Bonchev–Trinajstić information content (AvgIpc) is 2.02. The van der Waals surface area contributed by atoms with Gasteiger partial charge in [0.2, 0.25) is 0 Å². The molecule has 2 aliphatic carbocycles. The van der Waals surface area contributed by atoms with Gasteiger partial charge in [0.05, 0.1) is 11.7 Å². The molecule has 0 radical (unpaired) electrons. The van der Waals surface area contributed by atoms with Crippen LogP contribution >= 0.6 is 0 Å². The molecule has 2 saturated carbocycles. The highest BCUT2D eigenvalue weighted by molar-refractivity contribution is 4.94. The molecule has 2 nitrogen and oxygen atoms in total. The van der Waals surface area contributed by atoms with E-state index in [0.29, 0.717) is 11.8 Å². The third-order valence-electron chi connectivity index (χ3n) is 4.01. The Hall–Kier alpha value is -0.0800. The van der Waals surface area contributed by atoms with Gasteiger partial charge >= 0.3 is 0 Å². The van der Waals surface area contributed by atoms with Gasteiger partial charge < -0.3 is 10.2 Å². The van der Waals surface area contributed by atoms with Crippen molar-refractivity contribution in [1.29, 1.82) is 0 Å². The van der Waals surface area contributed by atoms with Gasteiger partial charge in [-0.3, -0.25) is 0 Å². The summed E-state index contributed by atoms with van der Waals surface area (Å²) in [5.74, 6) is 1.03. The molecular weight excluding hydrogens is 164 g/mol. The Balaban J connectivity index is 2.08. The van der Waals surface area contributed by atoms with Crippen LogP contribution in [0.25, 0.3) is 0 Å². The van der Waals surface area contributed by atoms with E-state index in [4.69, 9.17) is 0 Å². The average molecular weight is 184 g/mol. The SMILES string of the molecule is CC1(O)CCCC2CC(O)CCC21. The molecule has 0 aromatic rings. The molecule has 2 N–H and O–H groups in total. The number of hydrogen-bond donors (Lipinski definition) is 2. The minimum atomic E-state index is -0.455. The first kappa shape index (κ1) is 9.47. The highest BCUT2D eigenvalue weighted by Crippen LogP contribution is 2.45. The van der Waals surface area contributed by atoms with Crippen LogP contribution in [0.4, 0.5) is 0 Å². The predicted molar refractivity (Wildman–Crippen MR) is 51.3 cm³/mol. The summed E-state index contributed by atoms with van der Waals surface area (Å²) < 4.78 is 0. The first-order chi connectivity index (χ1) is 6.09. The van der Waals surface area contributed by atoms with Crippen molar-refractivity contribution in [3.8, 4) is 0 Å². The van der Waals surface area contributed by atoms with Gasteiger partial charge in [0.25, 0.3) is 0 Å². The van der Waals surface area contributed by atoms with Crippen LogP contribution in [0.1, 0.15) is 45.4 Å². The van der Waals surface area contributed by atoms with Gasteiger partial charge in [-0.1, -0.05) is 6.42 Å². The Morgan fingerprint density at radius 3 is 2.77 bits per heavy atom.